The Morgan fingerprint density at radius 2 is 0.654 bits per heavy atom. The molecule has 11 rings (SSSR count). The first kappa shape index (κ1) is 29.1. The van der Waals surface area contributed by atoms with Gasteiger partial charge in [0.2, 0.25) is 0 Å². The van der Waals surface area contributed by atoms with Gasteiger partial charge in [-0.3, -0.25) is 0 Å². The molecule has 2 nitrogen and oxygen atoms in total. The number of nitrogens with zero attached hydrogens (tertiary/aromatic N) is 2. The average molecular weight is 663 g/mol. The third-order valence-electron chi connectivity index (χ3n) is 11.2. The molecule has 0 bridgehead atoms. The Morgan fingerprint density at radius 3 is 1.06 bits per heavy atom. The lowest BCUT2D eigenvalue weighted by molar-refractivity contribution is 0.946. The molecule has 0 saturated heterocycles. The number of benzene rings is 8. The number of aryl methyl sites for hydroxylation is 2. The summed E-state index contributed by atoms with van der Waals surface area (Å²) in [5, 5.41) is 5.21. The molecule has 0 N–H and O–H groups in total. The summed E-state index contributed by atoms with van der Waals surface area (Å²) in [7, 11) is 0. The first-order valence-electron chi connectivity index (χ1n) is 18.2. The van der Waals surface area contributed by atoms with Crippen LogP contribution in [0.25, 0.3) is 88.4 Å². The predicted molar refractivity (Wildman–Crippen MR) is 219 cm³/mol. The van der Waals surface area contributed by atoms with Gasteiger partial charge < -0.3 is 9.13 Å². The minimum Gasteiger partial charge on any atom is -0.309 e. The van der Waals surface area contributed by atoms with Crippen molar-refractivity contribution in [2.75, 3.05) is 0 Å². The molecule has 2 aromatic heterocycles. The summed E-state index contributed by atoms with van der Waals surface area (Å²) in [6.45, 7) is 0. The fourth-order valence-corrected chi connectivity index (χ4v) is 8.74. The maximum absolute atomic E-state index is 2.49. The highest BCUT2D eigenvalue weighted by atomic mass is 15.0. The lowest BCUT2D eigenvalue weighted by Gasteiger charge is -2.21. The van der Waals surface area contributed by atoms with Crippen molar-refractivity contribution in [2.24, 2.45) is 0 Å². The largest absolute Gasteiger partial charge is 0.309 e. The molecule has 8 aromatic carbocycles. The van der Waals surface area contributed by atoms with E-state index < -0.39 is 0 Å². The van der Waals surface area contributed by atoms with Crippen LogP contribution >= 0.6 is 0 Å². The van der Waals surface area contributed by atoms with E-state index >= 15 is 0 Å². The smallest absolute Gasteiger partial charge is 0.0547 e. The van der Waals surface area contributed by atoms with E-state index in [1.54, 1.807) is 0 Å². The molecule has 52 heavy (non-hydrogen) atoms. The van der Waals surface area contributed by atoms with Crippen LogP contribution < -0.4 is 0 Å². The van der Waals surface area contributed by atoms with Crippen LogP contribution in [-0.2, 0) is 12.8 Å². The van der Waals surface area contributed by atoms with Gasteiger partial charge in [0, 0.05) is 32.9 Å². The van der Waals surface area contributed by atoms with Crippen molar-refractivity contribution < 1.29 is 0 Å². The summed E-state index contributed by atoms with van der Waals surface area (Å²) in [6, 6.07) is 67.0. The number of rotatable bonds is 4. The van der Waals surface area contributed by atoms with E-state index in [1.807, 2.05) is 0 Å². The van der Waals surface area contributed by atoms with Gasteiger partial charge in [-0.1, -0.05) is 109 Å². The maximum Gasteiger partial charge on any atom is 0.0547 e. The highest BCUT2D eigenvalue weighted by molar-refractivity contribution is 6.14. The lowest BCUT2D eigenvalue weighted by atomic mass is 9.84. The molecule has 0 aliphatic heterocycles. The fraction of sp³-hybridized carbons (Fsp3) is 0.0400. The normalized spacial score (nSPS) is 12.5. The van der Waals surface area contributed by atoms with Crippen molar-refractivity contribution in [3.8, 4) is 44.8 Å². The molecule has 0 fully saturated rings. The van der Waals surface area contributed by atoms with Crippen LogP contribution in [0.3, 0.4) is 0 Å². The molecule has 0 saturated carbocycles. The Balaban J connectivity index is 1.18. The van der Waals surface area contributed by atoms with Crippen molar-refractivity contribution in [2.45, 2.75) is 12.8 Å². The van der Waals surface area contributed by atoms with Gasteiger partial charge in [0.15, 0.2) is 0 Å². The third kappa shape index (κ3) is 4.44. The molecule has 10 aromatic rings. The van der Waals surface area contributed by atoms with Crippen LogP contribution in [0, 0.1) is 0 Å². The van der Waals surface area contributed by atoms with Crippen LogP contribution in [0.15, 0.2) is 182 Å². The molecule has 2 heterocycles. The van der Waals surface area contributed by atoms with Gasteiger partial charge in [-0.2, -0.15) is 0 Å². The van der Waals surface area contributed by atoms with E-state index in [0.717, 1.165) is 12.8 Å². The van der Waals surface area contributed by atoms with E-state index in [4.69, 9.17) is 0 Å². The zero-order chi connectivity index (χ0) is 34.2. The minimum atomic E-state index is 1.02. The monoisotopic (exact) mass is 662 g/mol. The molecule has 0 amide bonds. The summed E-state index contributed by atoms with van der Waals surface area (Å²) < 4.78 is 4.91. The van der Waals surface area contributed by atoms with Crippen molar-refractivity contribution in [1.29, 1.82) is 0 Å². The van der Waals surface area contributed by atoms with Gasteiger partial charge in [-0.25, -0.2) is 0 Å². The molecule has 0 radical (unpaired) electrons. The van der Waals surface area contributed by atoms with Gasteiger partial charge in [-0.15, -0.1) is 0 Å². The van der Waals surface area contributed by atoms with Crippen LogP contribution in [0.4, 0.5) is 0 Å². The minimum absolute atomic E-state index is 1.02. The quantitative estimate of drug-likeness (QED) is 0.177. The number of hydrogen-bond acceptors (Lipinski definition) is 0. The second-order valence-corrected chi connectivity index (χ2v) is 14.1. The molecule has 0 atom stereocenters. The molecular formula is C50H34N2. The Morgan fingerprint density at radius 1 is 0.288 bits per heavy atom. The zero-order valence-corrected chi connectivity index (χ0v) is 28.6. The molecule has 0 spiro atoms. The molecular weight excluding hydrogens is 629 g/mol. The average Bonchev–Trinajstić information content (AvgIpc) is 3.71. The number of fused-ring (bicyclic) bond motifs is 9. The lowest BCUT2D eigenvalue weighted by Crippen LogP contribution is -2.05. The summed E-state index contributed by atoms with van der Waals surface area (Å²) in [5.74, 6) is 0. The molecule has 244 valence electrons. The highest BCUT2D eigenvalue weighted by Crippen LogP contribution is 2.44. The summed E-state index contributed by atoms with van der Waals surface area (Å²) in [5.41, 5.74) is 17.8. The van der Waals surface area contributed by atoms with E-state index in [-0.39, 0.29) is 0 Å². The topological polar surface area (TPSA) is 9.86 Å². The van der Waals surface area contributed by atoms with E-state index in [1.165, 1.54) is 99.5 Å². The van der Waals surface area contributed by atoms with Gasteiger partial charge in [0.25, 0.3) is 0 Å². The molecule has 1 aliphatic carbocycles. The SMILES string of the molecule is c1ccc(-c2ccc3c(c2)c2cc4c(cc2n3-c2ccccc2)-c2cc3c(cc2CC4)c2cc(-c4ccccc4)ccc2n3-c2ccccc2)cc1. The van der Waals surface area contributed by atoms with Gasteiger partial charge in [-0.05, 0) is 130 Å². The highest BCUT2D eigenvalue weighted by Gasteiger charge is 2.24. The molecule has 0 unspecified atom stereocenters. The first-order chi connectivity index (χ1) is 25.8. The molecule has 1 aliphatic rings. The zero-order valence-electron chi connectivity index (χ0n) is 28.6. The summed E-state index contributed by atoms with van der Waals surface area (Å²) >= 11 is 0. The van der Waals surface area contributed by atoms with Crippen molar-refractivity contribution in [1.82, 2.24) is 9.13 Å². The predicted octanol–water partition coefficient (Wildman–Crippen LogP) is 13.0. The second kappa shape index (κ2) is 11.4. The number of hydrogen-bond donors (Lipinski definition) is 0. The Bertz CT molecular complexity index is 2760. The Labute approximate surface area is 302 Å². The van der Waals surface area contributed by atoms with Gasteiger partial charge in [0.05, 0.1) is 22.1 Å². The maximum atomic E-state index is 2.49. The number of aromatic nitrogens is 2. The summed E-state index contributed by atoms with van der Waals surface area (Å²) in [4.78, 5) is 0. The van der Waals surface area contributed by atoms with E-state index in [0.29, 0.717) is 0 Å². The van der Waals surface area contributed by atoms with Crippen LogP contribution in [0.1, 0.15) is 11.1 Å². The van der Waals surface area contributed by atoms with Crippen molar-refractivity contribution in [3.05, 3.63) is 193 Å². The first-order valence-corrected chi connectivity index (χ1v) is 18.2. The van der Waals surface area contributed by atoms with E-state index in [2.05, 4.69) is 191 Å². The van der Waals surface area contributed by atoms with E-state index in [9.17, 15) is 0 Å². The Kier molecular flexibility index (Phi) is 6.41. The van der Waals surface area contributed by atoms with Gasteiger partial charge >= 0.3 is 0 Å². The standard InChI is InChI=1S/C50H34N2/c1-5-13-33(14-6-1)35-23-25-47-43(27-35)45-29-37-21-22-38-30-46-44-28-36(34-15-7-2-8-16-34)24-26-48(44)52(40-19-11-4-12-20-40)50(46)32-42(38)41(37)31-49(45)51(47)39-17-9-3-10-18-39/h1-20,23-32H,21-22H2. The van der Waals surface area contributed by atoms with Gasteiger partial charge in [0.1, 0.15) is 0 Å². The fourth-order valence-electron chi connectivity index (χ4n) is 8.74. The number of para-hydroxylation sites is 2. The van der Waals surface area contributed by atoms with Crippen LogP contribution in [0.5, 0.6) is 0 Å². The van der Waals surface area contributed by atoms with Crippen LogP contribution in [0.2, 0.25) is 0 Å². The molecule has 2 heteroatoms. The Hall–Kier alpha value is -6.64. The second-order valence-electron chi connectivity index (χ2n) is 14.1. The van der Waals surface area contributed by atoms with Crippen molar-refractivity contribution in [3.63, 3.8) is 0 Å². The third-order valence-corrected chi connectivity index (χ3v) is 11.2. The van der Waals surface area contributed by atoms with Crippen LogP contribution in [-0.4, -0.2) is 9.13 Å². The summed E-state index contributed by atoms with van der Waals surface area (Å²) in [6.07, 6.45) is 2.04. The van der Waals surface area contributed by atoms with Crippen molar-refractivity contribution >= 4 is 43.6 Å².